The van der Waals surface area contributed by atoms with E-state index in [2.05, 4.69) is 11.9 Å². The minimum Gasteiger partial charge on any atom is -0.477 e. The highest BCUT2D eigenvalue weighted by Gasteiger charge is 2.07. The molecule has 0 bridgehead atoms. The molecule has 1 aromatic rings. The van der Waals surface area contributed by atoms with Crippen molar-refractivity contribution < 1.29 is 9.90 Å². The van der Waals surface area contributed by atoms with E-state index in [1.165, 1.54) is 68.9 Å². The van der Waals surface area contributed by atoms with Gasteiger partial charge in [0.2, 0.25) is 0 Å². The molecule has 0 unspecified atom stereocenters. The van der Waals surface area contributed by atoms with Gasteiger partial charge in [-0.05, 0) is 12.8 Å². The van der Waals surface area contributed by atoms with Crippen LogP contribution in [-0.4, -0.2) is 16.1 Å². The summed E-state index contributed by atoms with van der Waals surface area (Å²) in [5, 5.41) is 9.76. The van der Waals surface area contributed by atoms with Crippen molar-refractivity contribution in [3.05, 3.63) is 16.1 Å². The molecule has 1 heterocycles. The van der Waals surface area contributed by atoms with Gasteiger partial charge in [0, 0.05) is 0 Å². The monoisotopic (exact) mass is 283 g/mol. The lowest BCUT2D eigenvalue weighted by Crippen LogP contribution is -1.89. The summed E-state index contributed by atoms with van der Waals surface area (Å²) < 4.78 is 0. The van der Waals surface area contributed by atoms with E-state index in [1.54, 1.807) is 0 Å². The zero-order chi connectivity index (χ0) is 13.9. The first kappa shape index (κ1) is 16.2. The van der Waals surface area contributed by atoms with Crippen molar-refractivity contribution in [3.8, 4) is 0 Å². The van der Waals surface area contributed by atoms with Crippen molar-refractivity contribution in [2.75, 3.05) is 0 Å². The molecule has 0 saturated carbocycles. The topological polar surface area (TPSA) is 50.2 Å². The van der Waals surface area contributed by atoms with Crippen LogP contribution in [0.15, 0.2) is 6.20 Å². The van der Waals surface area contributed by atoms with E-state index in [-0.39, 0.29) is 0 Å². The SMILES string of the molecule is CCCCCCCCCCCc1ncc(C(=O)O)s1. The number of aromatic nitrogens is 1. The van der Waals surface area contributed by atoms with Gasteiger partial charge < -0.3 is 5.11 Å². The van der Waals surface area contributed by atoms with Crippen LogP contribution < -0.4 is 0 Å². The van der Waals surface area contributed by atoms with Crippen LogP contribution in [0.3, 0.4) is 0 Å². The molecule has 1 N–H and O–H groups in total. The number of carboxylic acids is 1. The third kappa shape index (κ3) is 7.31. The Morgan fingerprint density at radius 1 is 1.11 bits per heavy atom. The second kappa shape index (κ2) is 9.96. The smallest absolute Gasteiger partial charge is 0.347 e. The predicted octanol–water partition coefficient (Wildman–Crippen LogP) is 4.91. The van der Waals surface area contributed by atoms with E-state index in [9.17, 15) is 4.79 Å². The van der Waals surface area contributed by atoms with Crippen LogP contribution in [0.1, 0.15) is 79.4 Å². The molecule has 19 heavy (non-hydrogen) atoms. The van der Waals surface area contributed by atoms with Crippen molar-refractivity contribution in [1.29, 1.82) is 0 Å². The normalized spacial score (nSPS) is 10.8. The fourth-order valence-corrected chi connectivity index (χ4v) is 2.91. The molecular formula is C15H25NO2S. The second-order valence-electron chi connectivity index (χ2n) is 5.00. The molecule has 108 valence electrons. The second-order valence-corrected chi connectivity index (χ2v) is 6.12. The van der Waals surface area contributed by atoms with Crippen molar-refractivity contribution >= 4 is 17.3 Å². The zero-order valence-corrected chi connectivity index (χ0v) is 12.7. The summed E-state index contributed by atoms with van der Waals surface area (Å²) in [6.07, 6.45) is 14.2. The Kier molecular flexibility index (Phi) is 8.47. The van der Waals surface area contributed by atoms with E-state index in [1.807, 2.05) is 0 Å². The number of nitrogens with zero attached hydrogens (tertiary/aromatic N) is 1. The van der Waals surface area contributed by atoms with Crippen LogP contribution in [0.25, 0.3) is 0 Å². The number of hydrogen-bond acceptors (Lipinski definition) is 3. The Hall–Kier alpha value is -0.900. The maximum atomic E-state index is 10.7. The fourth-order valence-electron chi connectivity index (χ4n) is 2.11. The van der Waals surface area contributed by atoms with Crippen molar-refractivity contribution in [2.24, 2.45) is 0 Å². The quantitative estimate of drug-likeness (QED) is 0.587. The van der Waals surface area contributed by atoms with Gasteiger partial charge in [-0.1, -0.05) is 58.3 Å². The number of hydrogen-bond donors (Lipinski definition) is 1. The highest BCUT2D eigenvalue weighted by Crippen LogP contribution is 2.16. The average Bonchev–Trinajstić information content (AvgIpc) is 2.86. The molecule has 0 spiro atoms. The number of carboxylic acid groups (broad SMARTS) is 1. The number of thiazole rings is 1. The summed E-state index contributed by atoms with van der Waals surface area (Å²) in [6.45, 7) is 2.24. The molecule has 0 saturated heterocycles. The zero-order valence-electron chi connectivity index (χ0n) is 11.9. The van der Waals surface area contributed by atoms with Gasteiger partial charge in [0.25, 0.3) is 0 Å². The van der Waals surface area contributed by atoms with Gasteiger partial charge in [0.05, 0.1) is 11.2 Å². The molecule has 4 heteroatoms. The molecule has 1 rings (SSSR count). The minimum absolute atomic E-state index is 0.353. The van der Waals surface area contributed by atoms with E-state index in [4.69, 9.17) is 5.11 Å². The van der Waals surface area contributed by atoms with Crippen LogP contribution in [0.2, 0.25) is 0 Å². The molecule has 0 radical (unpaired) electrons. The lowest BCUT2D eigenvalue weighted by atomic mass is 10.1. The maximum absolute atomic E-state index is 10.7. The Bertz CT molecular complexity index is 363. The molecule has 0 atom stereocenters. The largest absolute Gasteiger partial charge is 0.477 e. The highest BCUT2D eigenvalue weighted by molar-refractivity contribution is 7.13. The summed E-state index contributed by atoms with van der Waals surface area (Å²) in [6, 6.07) is 0. The van der Waals surface area contributed by atoms with Crippen LogP contribution in [-0.2, 0) is 6.42 Å². The lowest BCUT2D eigenvalue weighted by Gasteiger charge is -2.01. The lowest BCUT2D eigenvalue weighted by molar-refractivity contribution is 0.0702. The number of rotatable bonds is 11. The number of unbranched alkanes of at least 4 members (excludes halogenated alkanes) is 8. The number of aromatic carboxylic acids is 1. The van der Waals surface area contributed by atoms with E-state index in [0.717, 1.165) is 17.8 Å². The summed E-state index contributed by atoms with van der Waals surface area (Å²) in [4.78, 5) is 15.2. The van der Waals surface area contributed by atoms with Gasteiger partial charge in [-0.25, -0.2) is 9.78 Å². The summed E-state index contributed by atoms with van der Waals surface area (Å²) in [5.74, 6) is -0.865. The van der Waals surface area contributed by atoms with Gasteiger partial charge in [-0.3, -0.25) is 0 Å². The molecule has 0 aliphatic carbocycles. The van der Waals surface area contributed by atoms with Gasteiger partial charge in [-0.2, -0.15) is 0 Å². The minimum atomic E-state index is -0.865. The molecular weight excluding hydrogens is 258 g/mol. The highest BCUT2D eigenvalue weighted by atomic mass is 32.1. The summed E-state index contributed by atoms with van der Waals surface area (Å²) in [7, 11) is 0. The average molecular weight is 283 g/mol. The summed E-state index contributed by atoms with van der Waals surface area (Å²) in [5.41, 5.74) is 0. The Morgan fingerprint density at radius 3 is 2.21 bits per heavy atom. The first-order valence-electron chi connectivity index (χ1n) is 7.42. The Morgan fingerprint density at radius 2 is 1.68 bits per heavy atom. The Balaban J connectivity index is 1.97. The standard InChI is InChI=1S/C15H25NO2S/c1-2-3-4-5-6-7-8-9-10-11-14-16-12-13(19-14)15(17)18/h12H,2-11H2,1H3,(H,17,18). The third-order valence-electron chi connectivity index (χ3n) is 3.26. The fraction of sp³-hybridized carbons (Fsp3) is 0.733. The molecule has 3 nitrogen and oxygen atoms in total. The van der Waals surface area contributed by atoms with Crippen LogP contribution >= 0.6 is 11.3 Å². The molecule has 1 aromatic heterocycles. The molecule has 0 aliphatic heterocycles. The van der Waals surface area contributed by atoms with Crippen molar-refractivity contribution in [3.63, 3.8) is 0 Å². The van der Waals surface area contributed by atoms with Crippen LogP contribution in [0, 0.1) is 0 Å². The molecule has 0 aliphatic rings. The summed E-state index contributed by atoms with van der Waals surface area (Å²) >= 11 is 1.31. The number of aryl methyl sites for hydroxylation is 1. The van der Waals surface area contributed by atoms with Gasteiger partial charge >= 0.3 is 5.97 Å². The Labute approximate surface area is 120 Å². The maximum Gasteiger partial charge on any atom is 0.347 e. The van der Waals surface area contributed by atoms with Crippen molar-refractivity contribution in [1.82, 2.24) is 4.98 Å². The van der Waals surface area contributed by atoms with Gasteiger partial charge in [0.1, 0.15) is 4.88 Å². The van der Waals surface area contributed by atoms with E-state index < -0.39 is 5.97 Å². The first-order chi connectivity index (χ1) is 9.24. The molecule has 0 amide bonds. The van der Waals surface area contributed by atoms with Crippen LogP contribution in [0.5, 0.6) is 0 Å². The van der Waals surface area contributed by atoms with Gasteiger partial charge in [-0.15, -0.1) is 11.3 Å². The van der Waals surface area contributed by atoms with E-state index in [0.29, 0.717) is 4.88 Å². The van der Waals surface area contributed by atoms with Gasteiger partial charge in [0.15, 0.2) is 0 Å². The first-order valence-corrected chi connectivity index (χ1v) is 8.23. The predicted molar refractivity (Wildman–Crippen MR) is 80.0 cm³/mol. The van der Waals surface area contributed by atoms with Crippen LogP contribution in [0.4, 0.5) is 0 Å². The van der Waals surface area contributed by atoms with E-state index >= 15 is 0 Å². The third-order valence-corrected chi connectivity index (χ3v) is 4.30. The molecule has 0 fully saturated rings. The van der Waals surface area contributed by atoms with Crippen molar-refractivity contribution in [2.45, 2.75) is 71.1 Å². The molecule has 0 aromatic carbocycles. The number of carbonyl (C=O) groups is 1.